The summed E-state index contributed by atoms with van der Waals surface area (Å²) in [6.07, 6.45) is -0.397. The Bertz CT molecular complexity index is 170. The second-order valence-electron chi connectivity index (χ2n) is 3.09. The lowest BCUT2D eigenvalue weighted by Gasteiger charge is -2.31. The van der Waals surface area contributed by atoms with Crippen molar-refractivity contribution in [2.24, 2.45) is 0 Å². The smallest absolute Gasteiger partial charge is 0.409 e. The molecule has 1 rings (SSSR count). The molecule has 0 saturated carbocycles. The molecule has 0 radical (unpaired) electrons. The van der Waals surface area contributed by atoms with Crippen LogP contribution in [0.25, 0.3) is 0 Å². The standard InChI is InChI=1S/C8H15FN2O2/c1-10-3-5-11(6-4-10)8(12)13-7-2-9/h2-7H2,1H3. The minimum Gasteiger partial charge on any atom is -0.447 e. The number of piperazine rings is 1. The van der Waals surface area contributed by atoms with E-state index in [4.69, 9.17) is 0 Å². The molecule has 76 valence electrons. The second kappa shape index (κ2) is 5.01. The van der Waals surface area contributed by atoms with E-state index in [1.54, 1.807) is 4.90 Å². The third-order valence-corrected chi connectivity index (χ3v) is 2.06. The van der Waals surface area contributed by atoms with Gasteiger partial charge in [0.05, 0.1) is 0 Å². The quantitative estimate of drug-likeness (QED) is 0.629. The number of halogens is 1. The molecule has 0 unspecified atom stereocenters. The maximum atomic E-state index is 11.7. The Kier molecular flexibility index (Phi) is 3.95. The topological polar surface area (TPSA) is 32.8 Å². The summed E-state index contributed by atoms with van der Waals surface area (Å²) < 4.78 is 16.3. The summed E-state index contributed by atoms with van der Waals surface area (Å²) >= 11 is 0. The number of carbonyl (C=O) groups is 1. The van der Waals surface area contributed by atoms with Crippen molar-refractivity contribution in [2.75, 3.05) is 46.5 Å². The van der Waals surface area contributed by atoms with Crippen molar-refractivity contribution >= 4 is 6.09 Å². The van der Waals surface area contributed by atoms with Crippen LogP contribution in [0, 0.1) is 0 Å². The highest BCUT2D eigenvalue weighted by atomic mass is 19.1. The lowest BCUT2D eigenvalue weighted by atomic mass is 10.3. The van der Waals surface area contributed by atoms with Crippen molar-refractivity contribution in [1.82, 2.24) is 9.80 Å². The molecule has 0 bridgehead atoms. The van der Waals surface area contributed by atoms with Crippen LogP contribution in [0.4, 0.5) is 9.18 Å². The monoisotopic (exact) mass is 190 g/mol. The van der Waals surface area contributed by atoms with Crippen LogP contribution in [0.1, 0.15) is 0 Å². The van der Waals surface area contributed by atoms with Crippen LogP contribution in [-0.4, -0.2) is 62.4 Å². The van der Waals surface area contributed by atoms with Gasteiger partial charge < -0.3 is 14.5 Å². The summed E-state index contributed by atoms with van der Waals surface area (Å²) in [5.74, 6) is 0. The van der Waals surface area contributed by atoms with Crippen LogP contribution >= 0.6 is 0 Å². The van der Waals surface area contributed by atoms with Gasteiger partial charge in [0.1, 0.15) is 13.3 Å². The number of nitrogens with zero attached hydrogens (tertiary/aromatic N) is 2. The number of likely N-dealkylation sites (N-methyl/N-ethyl adjacent to an activating group) is 1. The average molecular weight is 190 g/mol. The van der Waals surface area contributed by atoms with Gasteiger partial charge in [0.25, 0.3) is 0 Å². The minimum absolute atomic E-state index is 0.134. The molecule has 1 saturated heterocycles. The SMILES string of the molecule is CN1CCN(C(=O)OCCF)CC1. The fraction of sp³-hybridized carbons (Fsp3) is 0.875. The molecule has 0 spiro atoms. The highest BCUT2D eigenvalue weighted by Gasteiger charge is 2.19. The summed E-state index contributed by atoms with van der Waals surface area (Å²) in [6, 6.07) is 0. The first kappa shape index (κ1) is 10.2. The van der Waals surface area contributed by atoms with Crippen LogP contribution in [0.15, 0.2) is 0 Å². The number of hydrogen-bond donors (Lipinski definition) is 0. The number of carbonyl (C=O) groups excluding carboxylic acids is 1. The Morgan fingerprint density at radius 1 is 1.38 bits per heavy atom. The Balaban J connectivity index is 2.23. The normalized spacial score (nSPS) is 18.8. The van der Waals surface area contributed by atoms with E-state index in [-0.39, 0.29) is 6.61 Å². The molecule has 1 fully saturated rings. The number of ether oxygens (including phenoxy) is 1. The average Bonchev–Trinajstić information content (AvgIpc) is 2.15. The molecular weight excluding hydrogens is 175 g/mol. The van der Waals surface area contributed by atoms with Gasteiger partial charge in [0, 0.05) is 26.2 Å². The zero-order valence-electron chi connectivity index (χ0n) is 7.83. The highest BCUT2D eigenvalue weighted by Crippen LogP contribution is 2.01. The third kappa shape index (κ3) is 3.18. The van der Waals surface area contributed by atoms with Gasteiger partial charge in [-0.15, -0.1) is 0 Å². The van der Waals surface area contributed by atoms with Gasteiger partial charge in [-0.25, -0.2) is 9.18 Å². The van der Waals surface area contributed by atoms with Crippen molar-refractivity contribution in [2.45, 2.75) is 0 Å². The van der Waals surface area contributed by atoms with Gasteiger partial charge in [-0.1, -0.05) is 0 Å². The molecule has 0 N–H and O–H groups in total. The summed E-state index contributed by atoms with van der Waals surface area (Å²) in [5, 5.41) is 0. The Morgan fingerprint density at radius 2 is 2.00 bits per heavy atom. The van der Waals surface area contributed by atoms with Gasteiger partial charge in [-0.3, -0.25) is 0 Å². The molecule has 1 aliphatic rings. The van der Waals surface area contributed by atoms with E-state index in [0.29, 0.717) is 13.1 Å². The van der Waals surface area contributed by atoms with E-state index in [9.17, 15) is 9.18 Å². The first-order chi connectivity index (χ1) is 6.24. The second-order valence-corrected chi connectivity index (χ2v) is 3.09. The molecule has 1 heterocycles. The van der Waals surface area contributed by atoms with Crippen LogP contribution in [0.3, 0.4) is 0 Å². The van der Waals surface area contributed by atoms with E-state index in [2.05, 4.69) is 9.64 Å². The molecule has 1 aliphatic heterocycles. The van der Waals surface area contributed by atoms with Gasteiger partial charge in [-0.2, -0.15) is 0 Å². The van der Waals surface area contributed by atoms with Crippen molar-refractivity contribution in [3.8, 4) is 0 Å². The van der Waals surface area contributed by atoms with Crippen molar-refractivity contribution in [3.05, 3.63) is 0 Å². The fourth-order valence-corrected chi connectivity index (χ4v) is 1.21. The molecule has 13 heavy (non-hydrogen) atoms. The molecule has 0 aromatic rings. The Morgan fingerprint density at radius 3 is 2.54 bits per heavy atom. The number of alkyl halides is 1. The zero-order chi connectivity index (χ0) is 9.68. The maximum absolute atomic E-state index is 11.7. The van der Waals surface area contributed by atoms with Gasteiger partial charge in [-0.05, 0) is 7.05 Å². The zero-order valence-corrected chi connectivity index (χ0v) is 7.83. The highest BCUT2D eigenvalue weighted by molar-refractivity contribution is 5.67. The third-order valence-electron chi connectivity index (χ3n) is 2.06. The first-order valence-electron chi connectivity index (χ1n) is 4.40. The molecule has 0 atom stereocenters. The number of amides is 1. The van der Waals surface area contributed by atoms with Crippen LogP contribution in [-0.2, 0) is 4.74 Å². The lowest BCUT2D eigenvalue weighted by molar-refractivity contribution is 0.0775. The van der Waals surface area contributed by atoms with Crippen molar-refractivity contribution in [1.29, 1.82) is 0 Å². The van der Waals surface area contributed by atoms with E-state index < -0.39 is 12.8 Å². The number of hydrogen-bond acceptors (Lipinski definition) is 3. The Labute approximate surface area is 77.2 Å². The summed E-state index contributed by atoms with van der Waals surface area (Å²) in [6.45, 7) is 2.29. The lowest BCUT2D eigenvalue weighted by Crippen LogP contribution is -2.47. The van der Waals surface area contributed by atoms with Crippen molar-refractivity contribution in [3.63, 3.8) is 0 Å². The van der Waals surface area contributed by atoms with Gasteiger partial charge in [0.15, 0.2) is 0 Å². The van der Waals surface area contributed by atoms with Crippen LogP contribution < -0.4 is 0 Å². The van der Waals surface area contributed by atoms with Crippen LogP contribution in [0.2, 0.25) is 0 Å². The molecule has 0 aromatic heterocycles. The number of rotatable bonds is 2. The summed E-state index contributed by atoms with van der Waals surface area (Å²) in [7, 11) is 2.00. The van der Waals surface area contributed by atoms with Crippen LogP contribution in [0.5, 0.6) is 0 Å². The van der Waals surface area contributed by atoms with E-state index in [1.165, 1.54) is 0 Å². The minimum atomic E-state index is -0.612. The summed E-state index contributed by atoms with van der Waals surface area (Å²) in [5.41, 5.74) is 0. The fourth-order valence-electron chi connectivity index (χ4n) is 1.21. The van der Waals surface area contributed by atoms with E-state index in [1.807, 2.05) is 7.05 Å². The maximum Gasteiger partial charge on any atom is 0.409 e. The predicted molar refractivity (Wildman–Crippen MR) is 46.4 cm³/mol. The van der Waals surface area contributed by atoms with E-state index >= 15 is 0 Å². The molecule has 5 heteroatoms. The van der Waals surface area contributed by atoms with Crippen molar-refractivity contribution < 1.29 is 13.9 Å². The largest absolute Gasteiger partial charge is 0.447 e. The first-order valence-corrected chi connectivity index (χ1v) is 4.40. The molecule has 4 nitrogen and oxygen atoms in total. The molecule has 1 amide bonds. The van der Waals surface area contributed by atoms with Gasteiger partial charge >= 0.3 is 6.09 Å². The predicted octanol–water partition coefficient (Wildman–Crippen LogP) is 0.340. The van der Waals surface area contributed by atoms with Gasteiger partial charge in [0.2, 0.25) is 0 Å². The Hall–Kier alpha value is -0.840. The summed E-state index contributed by atoms with van der Waals surface area (Å²) in [4.78, 5) is 14.9. The molecule has 0 aliphatic carbocycles. The molecular formula is C8H15FN2O2. The van der Waals surface area contributed by atoms with E-state index in [0.717, 1.165) is 13.1 Å². The molecule has 0 aromatic carbocycles.